The summed E-state index contributed by atoms with van der Waals surface area (Å²) in [7, 11) is 1.86. The first-order chi connectivity index (χ1) is 12.1. The fraction of sp³-hybridized carbons (Fsp3) is 0.409. The zero-order chi connectivity index (χ0) is 17.6. The molecule has 3 nitrogen and oxygen atoms in total. The van der Waals surface area contributed by atoms with E-state index in [-0.39, 0.29) is 5.91 Å². The molecule has 0 N–H and O–H groups in total. The molecule has 0 aromatic heterocycles. The van der Waals surface area contributed by atoms with Gasteiger partial charge in [0.15, 0.2) is 0 Å². The molecular formula is C22H28N2O. The van der Waals surface area contributed by atoms with Crippen molar-refractivity contribution in [3.05, 3.63) is 71.3 Å². The highest BCUT2D eigenvalue weighted by atomic mass is 16.2. The molecule has 2 aromatic carbocycles. The molecule has 132 valence electrons. The predicted molar refractivity (Wildman–Crippen MR) is 102 cm³/mol. The van der Waals surface area contributed by atoms with E-state index in [4.69, 9.17) is 0 Å². The van der Waals surface area contributed by atoms with Crippen molar-refractivity contribution in [3.63, 3.8) is 0 Å². The Bertz CT molecular complexity index is 681. The van der Waals surface area contributed by atoms with E-state index >= 15 is 0 Å². The van der Waals surface area contributed by atoms with Crippen LogP contribution in [0.4, 0.5) is 0 Å². The first kappa shape index (κ1) is 17.7. The van der Waals surface area contributed by atoms with E-state index in [0.29, 0.717) is 6.54 Å². The fourth-order valence-electron chi connectivity index (χ4n) is 3.59. The second-order valence-electron chi connectivity index (χ2n) is 7.33. The van der Waals surface area contributed by atoms with Crippen molar-refractivity contribution < 1.29 is 4.79 Å². The molecule has 0 spiro atoms. The Hall–Kier alpha value is -2.13. The Morgan fingerprint density at radius 1 is 1.08 bits per heavy atom. The first-order valence-electron chi connectivity index (χ1n) is 9.22. The molecule has 1 aliphatic rings. The number of rotatable bonds is 5. The van der Waals surface area contributed by atoms with Crippen molar-refractivity contribution in [2.45, 2.75) is 32.9 Å². The number of piperidine rings is 1. The molecule has 1 heterocycles. The summed E-state index contributed by atoms with van der Waals surface area (Å²) in [6, 6.07) is 18.2. The standard InChI is InChI=1S/C22H28N2O/c1-18-7-6-14-24(15-18)17-20-10-12-21(13-11-20)22(25)23(2)16-19-8-4-3-5-9-19/h3-5,8-13,18H,6-7,14-17H2,1-2H3/t18-/m1/s1. The van der Waals surface area contributed by atoms with Crippen LogP contribution < -0.4 is 0 Å². The van der Waals surface area contributed by atoms with Gasteiger partial charge in [-0.3, -0.25) is 9.69 Å². The van der Waals surface area contributed by atoms with Crippen LogP contribution >= 0.6 is 0 Å². The topological polar surface area (TPSA) is 23.6 Å². The van der Waals surface area contributed by atoms with Crippen LogP contribution in [0.5, 0.6) is 0 Å². The van der Waals surface area contributed by atoms with Crippen LogP contribution in [0, 0.1) is 5.92 Å². The lowest BCUT2D eigenvalue weighted by molar-refractivity contribution is 0.0785. The highest BCUT2D eigenvalue weighted by molar-refractivity contribution is 5.94. The molecule has 0 radical (unpaired) electrons. The van der Waals surface area contributed by atoms with Gasteiger partial charge >= 0.3 is 0 Å². The molecule has 1 aliphatic heterocycles. The smallest absolute Gasteiger partial charge is 0.253 e. The molecule has 0 bridgehead atoms. The number of hydrogen-bond acceptors (Lipinski definition) is 2. The summed E-state index contributed by atoms with van der Waals surface area (Å²) in [6.45, 7) is 6.31. The molecule has 3 heteroatoms. The van der Waals surface area contributed by atoms with Crippen molar-refractivity contribution in [1.29, 1.82) is 0 Å². The van der Waals surface area contributed by atoms with Crippen molar-refractivity contribution in [3.8, 4) is 0 Å². The van der Waals surface area contributed by atoms with E-state index in [9.17, 15) is 4.79 Å². The van der Waals surface area contributed by atoms with E-state index in [1.165, 1.54) is 31.5 Å². The largest absolute Gasteiger partial charge is 0.337 e. The van der Waals surface area contributed by atoms with Gasteiger partial charge in [-0.05, 0) is 48.6 Å². The fourth-order valence-corrected chi connectivity index (χ4v) is 3.59. The maximum Gasteiger partial charge on any atom is 0.253 e. The quantitative estimate of drug-likeness (QED) is 0.817. The highest BCUT2D eigenvalue weighted by Gasteiger charge is 2.17. The average molecular weight is 336 g/mol. The van der Waals surface area contributed by atoms with Gasteiger partial charge < -0.3 is 4.90 Å². The molecule has 0 saturated carbocycles. The molecular weight excluding hydrogens is 308 g/mol. The van der Waals surface area contributed by atoms with Crippen LogP contribution in [0.2, 0.25) is 0 Å². The maximum atomic E-state index is 12.6. The summed E-state index contributed by atoms with van der Waals surface area (Å²) in [4.78, 5) is 16.9. The molecule has 1 atom stereocenters. The minimum atomic E-state index is 0.0713. The molecule has 3 rings (SSSR count). The van der Waals surface area contributed by atoms with E-state index < -0.39 is 0 Å². The second-order valence-corrected chi connectivity index (χ2v) is 7.33. The van der Waals surface area contributed by atoms with Crippen molar-refractivity contribution in [2.75, 3.05) is 20.1 Å². The number of carbonyl (C=O) groups is 1. The van der Waals surface area contributed by atoms with Gasteiger partial charge in [0.2, 0.25) is 0 Å². The zero-order valence-corrected chi connectivity index (χ0v) is 15.3. The predicted octanol–water partition coefficient (Wildman–Crippen LogP) is 4.19. The van der Waals surface area contributed by atoms with Gasteiger partial charge in [0.05, 0.1) is 0 Å². The molecule has 25 heavy (non-hydrogen) atoms. The summed E-state index contributed by atoms with van der Waals surface area (Å²) in [5.41, 5.74) is 3.19. The molecule has 1 fully saturated rings. The summed E-state index contributed by atoms with van der Waals surface area (Å²) < 4.78 is 0. The van der Waals surface area contributed by atoms with E-state index in [0.717, 1.165) is 23.6 Å². The van der Waals surface area contributed by atoms with Crippen LogP contribution in [0.1, 0.15) is 41.3 Å². The lowest BCUT2D eigenvalue weighted by atomic mass is 9.99. The Balaban J connectivity index is 1.58. The van der Waals surface area contributed by atoms with Crippen LogP contribution in [0.3, 0.4) is 0 Å². The lowest BCUT2D eigenvalue weighted by Gasteiger charge is -2.30. The average Bonchev–Trinajstić information content (AvgIpc) is 2.62. The number of amides is 1. The number of nitrogens with zero attached hydrogens (tertiary/aromatic N) is 2. The van der Waals surface area contributed by atoms with Crippen LogP contribution in [0.25, 0.3) is 0 Å². The summed E-state index contributed by atoms with van der Waals surface area (Å²) in [6.07, 6.45) is 2.64. The molecule has 2 aromatic rings. The summed E-state index contributed by atoms with van der Waals surface area (Å²) in [5.74, 6) is 0.864. The summed E-state index contributed by atoms with van der Waals surface area (Å²) in [5, 5.41) is 0. The van der Waals surface area contributed by atoms with Crippen molar-refractivity contribution in [1.82, 2.24) is 9.80 Å². The number of hydrogen-bond donors (Lipinski definition) is 0. The number of carbonyl (C=O) groups excluding carboxylic acids is 1. The van der Waals surface area contributed by atoms with Gasteiger partial charge in [0.25, 0.3) is 5.91 Å². The highest BCUT2D eigenvalue weighted by Crippen LogP contribution is 2.18. The Morgan fingerprint density at radius 3 is 2.48 bits per heavy atom. The maximum absolute atomic E-state index is 12.6. The van der Waals surface area contributed by atoms with E-state index in [1.54, 1.807) is 4.90 Å². The van der Waals surface area contributed by atoms with Gasteiger partial charge in [-0.25, -0.2) is 0 Å². The van der Waals surface area contributed by atoms with Crippen LogP contribution in [-0.2, 0) is 13.1 Å². The van der Waals surface area contributed by atoms with Gasteiger partial charge in [0, 0.05) is 32.2 Å². The first-order valence-corrected chi connectivity index (χ1v) is 9.22. The van der Waals surface area contributed by atoms with Gasteiger partial charge in [-0.15, -0.1) is 0 Å². The SMILES string of the molecule is C[C@@H]1CCCN(Cc2ccc(C(=O)N(C)Cc3ccccc3)cc2)C1. The molecule has 1 amide bonds. The number of benzene rings is 2. The van der Waals surface area contributed by atoms with E-state index in [2.05, 4.69) is 24.0 Å². The van der Waals surface area contributed by atoms with Crippen molar-refractivity contribution >= 4 is 5.91 Å². The third kappa shape index (κ3) is 4.93. The van der Waals surface area contributed by atoms with Crippen molar-refractivity contribution in [2.24, 2.45) is 5.92 Å². The minimum absolute atomic E-state index is 0.0713. The minimum Gasteiger partial charge on any atom is -0.337 e. The Kier molecular flexibility index (Phi) is 5.87. The van der Waals surface area contributed by atoms with Crippen LogP contribution in [0.15, 0.2) is 54.6 Å². The Labute approximate surface area is 151 Å². The monoisotopic (exact) mass is 336 g/mol. The second kappa shape index (κ2) is 8.30. The molecule has 0 unspecified atom stereocenters. The zero-order valence-electron chi connectivity index (χ0n) is 15.3. The van der Waals surface area contributed by atoms with E-state index in [1.807, 2.05) is 49.5 Å². The lowest BCUT2D eigenvalue weighted by Crippen LogP contribution is -2.33. The third-order valence-electron chi connectivity index (χ3n) is 4.96. The number of likely N-dealkylation sites (tertiary alicyclic amines) is 1. The third-order valence-corrected chi connectivity index (χ3v) is 4.96. The normalized spacial score (nSPS) is 18.1. The molecule has 0 aliphatic carbocycles. The van der Waals surface area contributed by atoms with Gasteiger partial charge in [0.1, 0.15) is 0 Å². The molecule has 1 saturated heterocycles. The van der Waals surface area contributed by atoms with Gasteiger partial charge in [-0.1, -0.05) is 49.4 Å². The van der Waals surface area contributed by atoms with Crippen LogP contribution in [-0.4, -0.2) is 35.8 Å². The Morgan fingerprint density at radius 2 is 1.80 bits per heavy atom. The summed E-state index contributed by atoms with van der Waals surface area (Å²) >= 11 is 0. The van der Waals surface area contributed by atoms with Gasteiger partial charge in [-0.2, -0.15) is 0 Å².